The molecule has 1 fully saturated rings. The number of aromatic nitrogens is 3. The number of benzene rings is 1. The third-order valence-electron chi connectivity index (χ3n) is 3.92. The Hall–Kier alpha value is -2.46. The summed E-state index contributed by atoms with van der Waals surface area (Å²) in [5, 5.41) is 7.58. The van der Waals surface area contributed by atoms with Crippen LogP contribution in [-0.2, 0) is 16.6 Å². The molecule has 2 heterocycles. The summed E-state index contributed by atoms with van der Waals surface area (Å²) in [6, 6.07) is 4.09. The highest BCUT2D eigenvalue weighted by Gasteiger charge is 2.37. The molecule has 1 saturated heterocycles. The first kappa shape index (κ1) is 16.4. The predicted molar refractivity (Wildman–Crippen MR) is 83.8 cm³/mol. The Morgan fingerprint density at radius 3 is 2.75 bits per heavy atom. The lowest BCUT2D eigenvalue weighted by atomic mass is 10.0. The van der Waals surface area contributed by atoms with Crippen LogP contribution >= 0.6 is 0 Å². The van der Waals surface area contributed by atoms with Crippen molar-refractivity contribution in [2.75, 3.05) is 20.2 Å². The van der Waals surface area contributed by atoms with Crippen molar-refractivity contribution < 1.29 is 17.9 Å². The minimum Gasteiger partial charge on any atom is -0.496 e. The molecule has 2 aromatic rings. The molecule has 1 aromatic heterocycles. The van der Waals surface area contributed by atoms with Crippen LogP contribution in [0.3, 0.4) is 0 Å². The number of sulfonamides is 1. The predicted octanol–water partition coefficient (Wildman–Crippen LogP) is -0.294. The Morgan fingerprint density at radius 1 is 1.42 bits per heavy atom. The summed E-state index contributed by atoms with van der Waals surface area (Å²) in [5.41, 5.74) is 5.32. The Morgan fingerprint density at radius 2 is 2.17 bits per heavy atom. The van der Waals surface area contributed by atoms with Gasteiger partial charge in [-0.15, -0.1) is 5.10 Å². The molecule has 1 aromatic carbocycles. The monoisotopic (exact) mass is 351 g/mol. The van der Waals surface area contributed by atoms with Crippen LogP contribution in [0, 0.1) is 5.92 Å². The maximum absolute atomic E-state index is 12.6. The molecule has 2 N–H and O–H groups in total. The van der Waals surface area contributed by atoms with E-state index in [0.717, 1.165) is 0 Å². The molecule has 1 amide bonds. The zero-order valence-electron chi connectivity index (χ0n) is 13.0. The number of rotatable bonds is 6. The number of methoxy groups -OCH3 is 1. The highest BCUT2D eigenvalue weighted by Crippen LogP contribution is 2.29. The van der Waals surface area contributed by atoms with Crippen LogP contribution < -0.4 is 10.5 Å². The zero-order valence-corrected chi connectivity index (χ0v) is 13.8. The third kappa shape index (κ3) is 2.97. The average Bonchev–Trinajstić information content (AvgIpc) is 3.02. The third-order valence-corrected chi connectivity index (χ3v) is 5.74. The lowest BCUT2D eigenvalue weighted by Gasteiger charge is -2.37. The molecule has 0 bridgehead atoms. The molecule has 1 aliphatic heterocycles. The standard InChI is InChI=1S/C14H17N5O4S/c1-23-13-3-2-11(6-12(13)14(15)20)24(21,22)19-8-10(9-19)7-18-5-4-16-17-18/h2-6,10H,7-9H2,1H3,(H2,15,20). The van der Waals surface area contributed by atoms with Crippen molar-refractivity contribution in [1.29, 1.82) is 0 Å². The van der Waals surface area contributed by atoms with Crippen LogP contribution in [-0.4, -0.2) is 53.8 Å². The molecule has 0 atom stereocenters. The number of hydrogen-bond donors (Lipinski definition) is 1. The first-order valence-corrected chi connectivity index (χ1v) is 8.68. The molecule has 128 valence electrons. The van der Waals surface area contributed by atoms with Crippen LogP contribution in [0.1, 0.15) is 10.4 Å². The van der Waals surface area contributed by atoms with E-state index in [1.54, 1.807) is 17.1 Å². The quantitative estimate of drug-likeness (QED) is 0.763. The second-order valence-corrected chi connectivity index (χ2v) is 7.48. The number of ether oxygens (including phenoxy) is 1. The normalized spacial score (nSPS) is 15.9. The van der Waals surface area contributed by atoms with Gasteiger partial charge >= 0.3 is 0 Å². The molecular formula is C14H17N5O4S. The topological polar surface area (TPSA) is 120 Å². The van der Waals surface area contributed by atoms with E-state index in [9.17, 15) is 13.2 Å². The number of carbonyl (C=O) groups is 1. The summed E-state index contributed by atoms with van der Waals surface area (Å²) in [6.07, 6.45) is 3.32. The summed E-state index contributed by atoms with van der Waals surface area (Å²) < 4.78 is 33.3. The SMILES string of the molecule is COc1ccc(S(=O)(=O)N2CC(Cn3ccnn3)C2)cc1C(N)=O. The van der Waals surface area contributed by atoms with Gasteiger partial charge < -0.3 is 10.5 Å². The molecule has 0 aliphatic carbocycles. The van der Waals surface area contributed by atoms with Gasteiger partial charge in [-0.05, 0) is 18.2 Å². The van der Waals surface area contributed by atoms with Gasteiger partial charge in [-0.3, -0.25) is 9.48 Å². The maximum atomic E-state index is 12.6. The second-order valence-electron chi connectivity index (χ2n) is 5.54. The van der Waals surface area contributed by atoms with Gasteiger partial charge in [0.2, 0.25) is 10.0 Å². The molecule has 0 spiro atoms. The van der Waals surface area contributed by atoms with Crippen LogP contribution in [0.15, 0.2) is 35.5 Å². The van der Waals surface area contributed by atoms with Gasteiger partial charge in [0, 0.05) is 31.7 Å². The van der Waals surface area contributed by atoms with Crippen molar-refractivity contribution in [3.8, 4) is 5.75 Å². The molecule has 1 aliphatic rings. The summed E-state index contributed by atoms with van der Waals surface area (Å²) in [4.78, 5) is 11.5. The first-order chi connectivity index (χ1) is 11.4. The minimum absolute atomic E-state index is 0.0244. The molecule has 10 heteroatoms. The summed E-state index contributed by atoms with van der Waals surface area (Å²) in [5.74, 6) is -0.318. The highest BCUT2D eigenvalue weighted by atomic mass is 32.2. The van der Waals surface area contributed by atoms with Crippen molar-refractivity contribution in [1.82, 2.24) is 19.3 Å². The Balaban J connectivity index is 1.75. The van der Waals surface area contributed by atoms with Crippen molar-refractivity contribution >= 4 is 15.9 Å². The minimum atomic E-state index is -3.67. The van der Waals surface area contributed by atoms with E-state index in [2.05, 4.69) is 10.3 Å². The zero-order chi connectivity index (χ0) is 17.3. The summed E-state index contributed by atoms with van der Waals surface area (Å²) in [6.45, 7) is 1.39. The van der Waals surface area contributed by atoms with E-state index in [1.165, 1.54) is 29.6 Å². The number of amides is 1. The van der Waals surface area contributed by atoms with Crippen molar-refractivity contribution in [3.05, 3.63) is 36.2 Å². The van der Waals surface area contributed by atoms with Crippen LogP contribution in [0.5, 0.6) is 5.75 Å². The molecule has 24 heavy (non-hydrogen) atoms. The maximum Gasteiger partial charge on any atom is 0.252 e. The van der Waals surface area contributed by atoms with E-state index < -0.39 is 15.9 Å². The van der Waals surface area contributed by atoms with E-state index in [-0.39, 0.29) is 22.1 Å². The van der Waals surface area contributed by atoms with Gasteiger partial charge in [-0.25, -0.2) is 8.42 Å². The summed E-state index contributed by atoms with van der Waals surface area (Å²) in [7, 11) is -2.28. The smallest absolute Gasteiger partial charge is 0.252 e. The molecule has 0 radical (unpaired) electrons. The Labute approximate surface area is 139 Å². The number of carbonyl (C=O) groups excluding carboxylic acids is 1. The van der Waals surface area contributed by atoms with Crippen LogP contribution in [0.2, 0.25) is 0 Å². The second kappa shape index (κ2) is 6.21. The van der Waals surface area contributed by atoms with Gasteiger partial charge in [0.15, 0.2) is 0 Å². The largest absolute Gasteiger partial charge is 0.496 e. The van der Waals surface area contributed by atoms with Crippen LogP contribution in [0.25, 0.3) is 0 Å². The highest BCUT2D eigenvalue weighted by molar-refractivity contribution is 7.89. The number of nitrogens with two attached hydrogens (primary N) is 1. The van der Waals surface area contributed by atoms with E-state index in [4.69, 9.17) is 10.5 Å². The van der Waals surface area contributed by atoms with Gasteiger partial charge in [-0.2, -0.15) is 4.31 Å². The number of nitrogens with zero attached hydrogens (tertiary/aromatic N) is 4. The first-order valence-electron chi connectivity index (χ1n) is 7.24. The van der Waals surface area contributed by atoms with Gasteiger partial charge in [-0.1, -0.05) is 5.21 Å². The number of primary amides is 1. The lowest BCUT2D eigenvalue weighted by molar-refractivity contribution is 0.0997. The Bertz CT molecular complexity index is 844. The van der Waals surface area contributed by atoms with E-state index in [1.807, 2.05) is 0 Å². The van der Waals surface area contributed by atoms with Crippen LogP contribution in [0.4, 0.5) is 0 Å². The molecule has 9 nitrogen and oxygen atoms in total. The van der Waals surface area contributed by atoms with Gasteiger partial charge in [0.25, 0.3) is 5.91 Å². The van der Waals surface area contributed by atoms with Crippen molar-refractivity contribution in [2.24, 2.45) is 11.7 Å². The van der Waals surface area contributed by atoms with Gasteiger partial charge in [0.1, 0.15) is 5.75 Å². The lowest BCUT2D eigenvalue weighted by Crippen LogP contribution is -2.51. The van der Waals surface area contributed by atoms with E-state index in [0.29, 0.717) is 19.6 Å². The number of hydrogen-bond acceptors (Lipinski definition) is 6. The van der Waals surface area contributed by atoms with Gasteiger partial charge in [0.05, 0.1) is 23.8 Å². The fourth-order valence-electron chi connectivity index (χ4n) is 2.62. The molecule has 0 unspecified atom stereocenters. The van der Waals surface area contributed by atoms with Crippen molar-refractivity contribution in [3.63, 3.8) is 0 Å². The summed E-state index contributed by atoms with van der Waals surface area (Å²) >= 11 is 0. The fourth-order valence-corrected chi connectivity index (χ4v) is 4.24. The molecule has 0 saturated carbocycles. The molecule has 3 rings (SSSR count). The van der Waals surface area contributed by atoms with Crippen molar-refractivity contribution in [2.45, 2.75) is 11.4 Å². The van der Waals surface area contributed by atoms with E-state index >= 15 is 0 Å². The fraction of sp³-hybridized carbons (Fsp3) is 0.357. The Kier molecular flexibility index (Phi) is 4.24. The molecular weight excluding hydrogens is 334 g/mol. The average molecular weight is 351 g/mol.